The molecule has 0 aromatic carbocycles. The van der Waals surface area contributed by atoms with Crippen LogP contribution in [0.1, 0.15) is 40.0 Å². The van der Waals surface area contributed by atoms with Crippen molar-refractivity contribution in [1.82, 2.24) is 4.90 Å². The number of phosphoric ester groups is 1. The molecular formula is C21H44N2O8PSi+. The van der Waals surface area contributed by atoms with Crippen molar-refractivity contribution in [3.8, 4) is 0 Å². The van der Waals surface area contributed by atoms with E-state index in [1.807, 2.05) is 28.1 Å². The molecule has 2 unspecified atom stereocenters. The molecule has 2 atom stereocenters. The maximum atomic E-state index is 12.8. The van der Waals surface area contributed by atoms with E-state index in [0.717, 1.165) is 12.5 Å². The topological polar surface area (TPSA) is 112 Å². The van der Waals surface area contributed by atoms with E-state index in [9.17, 15) is 19.0 Å². The third kappa shape index (κ3) is 14.9. The normalized spacial score (nSPS) is 15.1. The Hall–Kier alpha value is -0.813. The average molecular weight is 512 g/mol. The van der Waals surface area contributed by atoms with Crippen LogP contribution in [0.15, 0.2) is 0 Å². The van der Waals surface area contributed by atoms with Gasteiger partial charge in [-0.25, -0.2) is 4.57 Å². The Morgan fingerprint density at radius 1 is 1.15 bits per heavy atom. The highest BCUT2D eigenvalue weighted by Crippen LogP contribution is 2.42. The van der Waals surface area contributed by atoms with E-state index in [2.05, 4.69) is 0 Å². The molecule has 0 aliphatic heterocycles. The van der Waals surface area contributed by atoms with Gasteiger partial charge in [0.2, 0.25) is 15.7 Å². The summed E-state index contributed by atoms with van der Waals surface area (Å²) in [7, 11) is 5.48. The van der Waals surface area contributed by atoms with Crippen molar-refractivity contribution in [2.45, 2.75) is 46.1 Å². The summed E-state index contributed by atoms with van der Waals surface area (Å²) in [5, 5.41) is 0. The molecule has 1 N–H and O–H groups in total. The van der Waals surface area contributed by atoms with Gasteiger partial charge in [-0.05, 0) is 39.2 Å². The number of carbonyl (C=O) groups excluding carboxylic acids is 2. The predicted molar refractivity (Wildman–Crippen MR) is 128 cm³/mol. The summed E-state index contributed by atoms with van der Waals surface area (Å²) >= 11 is 0. The molecule has 12 heteroatoms. The Kier molecular flexibility index (Phi) is 14.9. The minimum Gasteiger partial charge on any atom is -0.463 e. The molecule has 33 heavy (non-hydrogen) atoms. The van der Waals surface area contributed by atoms with E-state index in [0.29, 0.717) is 40.2 Å². The molecule has 0 bridgehead atoms. The quantitative estimate of drug-likeness (QED) is 0.0981. The second kappa shape index (κ2) is 15.2. The Bertz CT molecular complexity index is 642. The number of hydrogen-bond acceptors (Lipinski definition) is 7. The number of rotatable bonds is 18. The predicted octanol–water partition coefficient (Wildman–Crippen LogP) is 2.34. The van der Waals surface area contributed by atoms with E-state index >= 15 is 0 Å². The fraction of sp³-hybridized carbons (Fsp3) is 0.905. The van der Waals surface area contributed by atoms with Crippen molar-refractivity contribution in [3.63, 3.8) is 0 Å². The minimum absolute atomic E-state index is 0.00899. The molecule has 0 heterocycles. The van der Waals surface area contributed by atoms with Gasteiger partial charge in [0.15, 0.2) is 0 Å². The molecule has 0 saturated carbocycles. The summed E-state index contributed by atoms with van der Waals surface area (Å²) in [6, 6.07) is 0.909. The largest absolute Gasteiger partial charge is 0.472 e. The number of quaternary nitrogens is 1. The molecule has 2 radical (unpaired) electrons. The summed E-state index contributed by atoms with van der Waals surface area (Å²) < 4.78 is 32.6. The van der Waals surface area contributed by atoms with Gasteiger partial charge in [0, 0.05) is 26.6 Å². The number of carbonyl (C=O) groups is 2. The molecule has 0 aromatic heterocycles. The monoisotopic (exact) mass is 511 g/mol. The lowest BCUT2D eigenvalue weighted by Crippen LogP contribution is -2.38. The van der Waals surface area contributed by atoms with Crippen LogP contribution in [0.5, 0.6) is 0 Å². The van der Waals surface area contributed by atoms with E-state index < -0.39 is 19.2 Å². The van der Waals surface area contributed by atoms with Crippen LogP contribution in [-0.4, -0.2) is 104 Å². The third-order valence-corrected chi connectivity index (χ3v) is 6.90. The summed E-state index contributed by atoms with van der Waals surface area (Å²) in [5.74, 6) is -0.777. The molecule has 0 aliphatic carbocycles. The number of likely N-dealkylation sites (N-methyl/N-ethyl adjacent to an activating group) is 1. The van der Waals surface area contributed by atoms with E-state index in [1.54, 1.807) is 32.9 Å². The fourth-order valence-corrected chi connectivity index (χ4v) is 4.17. The number of phosphoric acid groups is 1. The summed E-state index contributed by atoms with van der Waals surface area (Å²) in [4.78, 5) is 36.8. The van der Waals surface area contributed by atoms with Gasteiger partial charge in [-0.3, -0.25) is 18.6 Å². The first-order valence-electron chi connectivity index (χ1n) is 11.3. The summed E-state index contributed by atoms with van der Waals surface area (Å²) in [6.45, 7) is 6.20. The van der Waals surface area contributed by atoms with E-state index in [4.69, 9.17) is 18.2 Å². The Morgan fingerprint density at radius 3 is 2.30 bits per heavy atom. The maximum Gasteiger partial charge on any atom is 0.472 e. The molecule has 194 valence electrons. The van der Waals surface area contributed by atoms with Crippen molar-refractivity contribution in [1.29, 1.82) is 0 Å². The zero-order valence-electron chi connectivity index (χ0n) is 21.6. The molecule has 0 saturated heterocycles. The van der Waals surface area contributed by atoms with Crippen LogP contribution in [0, 0.1) is 11.3 Å². The average Bonchev–Trinajstić information content (AvgIpc) is 2.70. The number of amides is 1. The van der Waals surface area contributed by atoms with Crippen molar-refractivity contribution >= 4 is 29.5 Å². The maximum absolute atomic E-state index is 12.8. The van der Waals surface area contributed by atoms with Gasteiger partial charge >= 0.3 is 13.8 Å². The number of hydrogen-bond donors (Lipinski definition) is 1. The molecular weight excluding hydrogens is 467 g/mol. The number of ether oxygens (including phenoxy) is 1. The van der Waals surface area contributed by atoms with Crippen LogP contribution < -0.4 is 0 Å². The second-order valence-electron chi connectivity index (χ2n) is 9.69. The molecule has 0 spiro atoms. The fourth-order valence-electron chi connectivity index (χ4n) is 2.97. The van der Waals surface area contributed by atoms with Gasteiger partial charge in [0.1, 0.15) is 19.8 Å². The van der Waals surface area contributed by atoms with Gasteiger partial charge in [-0.15, -0.1) is 0 Å². The second-order valence-corrected chi connectivity index (χ2v) is 12.3. The number of nitrogens with zero attached hydrogens (tertiary/aromatic N) is 2. The molecule has 1 amide bonds. The van der Waals surface area contributed by atoms with Crippen LogP contribution in [-0.2, 0) is 32.4 Å². The molecule has 10 nitrogen and oxygen atoms in total. The first-order valence-corrected chi connectivity index (χ1v) is 13.9. The lowest BCUT2D eigenvalue weighted by Gasteiger charge is -2.29. The van der Waals surface area contributed by atoms with Crippen LogP contribution in [0.2, 0.25) is 6.04 Å². The Balaban J connectivity index is 4.52. The van der Waals surface area contributed by atoms with Crippen molar-refractivity contribution in [2.75, 3.05) is 68.2 Å². The summed E-state index contributed by atoms with van der Waals surface area (Å²) in [6.07, 6.45) is 1.82. The van der Waals surface area contributed by atoms with Crippen LogP contribution >= 0.6 is 7.82 Å². The van der Waals surface area contributed by atoms with Crippen molar-refractivity contribution in [3.05, 3.63) is 0 Å². The first kappa shape index (κ1) is 32.2. The molecule has 0 rings (SSSR count). The number of esters is 1. The van der Waals surface area contributed by atoms with E-state index in [-0.39, 0.29) is 31.6 Å². The van der Waals surface area contributed by atoms with E-state index in [1.165, 1.54) is 0 Å². The van der Waals surface area contributed by atoms with Gasteiger partial charge in [-0.2, -0.15) is 0 Å². The molecule has 0 aliphatic rings. The first-order chi connectivity index (χ1) is 15.1. The highest BCUT2D eigenvalue weighted by Gasteiger charge is 2.35. The lowest BCUT2D eigenvalue weighted by molar-refractivity contribution is -0.870. The van der Waals surface area contributed by atoms with Crippen LogP contribution in [0.4, 0.5) is 0 Å². The van der Waals surface area contributed by atoms with Crippen LogP contribution in [0.3, 0.4) is 0 Å². The van der Waals surface area contributed by atoms with Gasteiger partial charge in [0.25, 0.3) is 0 Å². The Morgan fingerprint density at radius 2 is 1.76 bits per heavy atom. The SMILES string of the molecule is CCC(CC(C)(C)C(=O)OCCOP(=O)(O)OCC[N+](C)(C)C)C(=O)N(C)CCC[Si]OC. The summed E-state index contributed by atoms with van der Waals surface area (Å²) in [5.41, 5.74) is -0.890. The zero-order chi connectivity index (χ0) is 25.7. The van der Waals surface area contributed by atoms with Gasteiger partial charge in [0.05, 0.1) is 33.2 Å². The lowest BCUT2D eigenvalue weighted by atomic mass is 9.81. The Labute approximate surface area is 202 Å². The minimum atomic E-state index is -4.20. The van der Waals surface area contributed by atoms with Crippen molar-refractivity contribution < 1.29 is 41.7 Å². The molecule has 0 fully saturated rings. The highest BCUT2D eigenvalue weighted by molar-refractivity contribution is 7.47. The highest BCUT2D eigenvalue weighted by atomic mass is 31.2. The van der Waals surface area contributed by atoms with Gasteiger partial charge < -0.3 is 23.4 Å². The third-order valence-electron chi connectivity index (χ3n) is 5.03. The van der Waals surface area contributed by atoms with Crippen LogP contribution in [0.25, 0.3) is 0 Å². The molecule has 0 aromatic rings. The van der Waals surface area contributed by atoms with Gasteiger partial charge in [-0.1, -0.05) is 6.92 Å². The standard InChI is InChI=1S/C21H43N2O8PSi/c1-9-18(19(24)22(4)11-10-16-33-28-8)17-21(2,3)20(25)29-14-15-31-32(26,27)30-13-12-23(5,6)7/h18H,9-17H2,1-8H3/p+1. The zero-order valence-corrected chi connectivity index (χ0v) is 23.5. The van der Waals surface area contributed by atoms with Crippen molar-refractivity contribution in [2.24, 2.45) is 11.3 Å². The smallest absolute Gasteiger partial charge is 0.463 e.